The lowest BCUT2D eigenvalue weighted by atomic mass is 9.94. The predicted octanol–water partition coefficient (Wildman–Crippen LogP) is 3.56. The van der Waals surface area contributed by atoms with Crippen LogP contribution in [0.15, 0.2) is 41.0 Å². The maximum Gasteiger partial charge on any atom is 0.219 e. The minimum Gasteiger partial charge on any atom is -0.461 e. The molecule has 0 aliphatic carbocycles. The van der Waals surface area contributed by atoms with Gasteiger partial charge in [0.25, 0.3) is 0 Å². The Morgan fingerprint density at radius 1 is 1.39 bits per heavy atom. The first-order valence-corrected chi connectivity index (χ1v) is 5.44. The zero-order valence-corrected chi connectivity index (χ0v) is 9.82. The van der Waals surface area contributed by atoms with E-state index in [0.29, 0.717) is 0 Å². The Morgan fingerprint density at radius 2 is 2.17 bits per heavy atom. The van der Waals surface area contributed by atoms with Gasteiger partial charge in [0.1, 0.15) is 11.7 Å². The Balaban J connectivity index is 2.47. The number of nitriles is 1. The Morgan fingerprint density at radius 3 is 2.72 bits per heavy atom. The molecule has 0 bridgehead atoms. The van der Waals surface area contributed by atoms with E-state index >= 15 is 0 Å². The minimum atomic E-state index is -1.31. The Hall–Kier alpha value is -2.12. The Kier molecular flexibility index (Phi) is 3.45. The molecule has 2 rings (SSSR count). The fourth-order valence-electron chi connectivity index (χ4n) is 1.60. The van der Waals surface area contributed by atoms with Gasteiger partial charge >= 0.3 is 0 Å². The van der Waals surface area contributed by atoms with Gasteiger partial charge in [-0.25, -0.2) is 4.39 Å². The van der Waals surface area contributed by atoms with Crippen molar-refractivity contribution in [3.8, 4) is 6.07 Å². The summed E-state index contributed by atoms with van der Waals surface area (Å²) in [7, 11) is 0. The number of hydrogen-bond donors (Lipinski definition) is 0. The van der Waals surface area contributed by atoms with E-state index in [2.05, 4.69) is 0 Å². The molecule has 0 N–H and O–H groups in total. The van der Waals surface area contributed by atoms with Gasteiger partial charge in [-0.15, -0.1) is 0 Å². The molecule has 1 atom stereocenters. The summed E-state index contributed by atoms with van der Waals surface area (Å²) in [6, 6.07) is 8.68. The highest BCUT2D eigenvalue weighted by atomic mass is 35.5. The number of hydrogen-bond acceptors (Lipinski definition) is 3. The standard InChI is InChI=1S/C13H7ClFNO2/c14-9-3-1-4-10(15)12(9)8(7-16)13(17)11-5-2-6-18-11/h1-6,8H. The van der Waals surface area contributed by atoms with Gasteiger partial charge in [0.15, 0.2) is 5.76 Å². The molecule has 18 heavy (non-hydrogen) atoms. The average molecular weight is 264 g/mol. The van der Waals surface area contributed by atoms with Gasteiger partial charge in [-0.3, -0.25) is 4.79 Å². The Bertz CT molecular complexity index is 596. The molecule has 2 aromatic rings. The zero-order chi connectivity index (χ0) is 13.1. The summed E-state index contributed by atoms with van der Waals surface area (Å²) >= 11 is 5.83. The second kappa shape index (κ2) is 5.03. The molecular weight excluding hydrogens is 257 g/mol. The van der Waals surface area contributed by atoms with Crippen molar-refractivity contribution in [2.75, 3.05) is 0 Å². The van der Waals surface area contributed by atoms with Crippen molar-refractivity contribution in [3.63, 3.8) is 0 Å². The summed E-state index contributed by atoms with van der Waals surface area (Å²) in [5.74, 6) is -2.62. The van der Waals surface area contributed by atoms with Gasteiger partial charge in [0.2, 0.25) is 5.78 Å². The second-order valence-corrected chi connectivity index (χ2v) is 3.95. The molecule has 1 unspecified atom stereocenters. The average Bonchev–Trinajstić information content (AvgIpc) is 2.87. The van der Waals surface area contributed by atoms with E-state index in [9.17, 15) is 9.18 Å². The summed E-state index contributed by atoms with van der Waals surface area (Å²) in [5.41, 5.74) is -0.122. The van der Waals surface area contributed by atoms with Gasteiger partial charge in [-0.05, 0) is 24.3 Å². The third-order valence-corrected chi connectivity index (χ3v) is 2.77. The molecule has 0 aliphatic rings. The van der Waals surface area contributed by atoms with Gasteiger partial charge in [0.05, 0.1) is 12.3 Å². The normalized spacial score (nSPS) is 11.8. The fraction of sp³-hybridized carbons (Fsp3) is 0.0769. The highest BCUT2D eigenvalue weighted by Gasteiger charge is 2.28. The van der Waals surface area contributed by atoms with Crippen molar-refractivity contribution in [1.82, 2.24) is 0 Å². The topological polar surface area (TPSA) is 54.0 Å². The van der Waals surface area contributed by atoms with Crippen LogP contribution in [0.5, 0.6) is 0 Å². The lowest BCUT2D eigenvalue weighted by molar-refractivity contribution is 0.0950. The van der Waals surface area contributed by atoms with Crippen molar-refractivity contribution in [2.45, 2.75) is 5.92 Å². The molecule has 0 spiro atoms. The third kappa shape index (κ3) is 2.13. The van der Waals surface area contributed by atoms with E-state index in [0.717, 1.165) is 6.07 Å². The number of benzene rings is 1. The number of halogens is 2. The van der Waals surface area contributed by atoms with Crippen LogP contribution < -0.4 is 0 Å². The molecular formula is C13H7ClFNO2. The molecule has 5 heteroatoms. The van der Waals surface area contributed by atoms with Crippen LogP contribution in [0.25, 0.3) is 0 Å². The molecule has 0 saturated carbocycles. The number of Topliss-reactive ketones (excluding diaryl/α,β-unsaturated/α-hetero) is 1. The summed E-state index contributed by atoms with van der Waals surface area (Å²) in [6.07, 6.45) is 1.31. The van der Waals surface area contributed by atoms with Gasteiger partial charge < -0.3 is 4.42 Å². The summed E-state index contributed by atoms with van der Waals surface area (Å²) < 4.78 is 18.6. The molecule has 0 aliphatic heterocycles. The first kappa shape index (κ1) is 12.3. The zero-order valence-electron chi connectivity index (χ0n) is 9.06. The van der Waals surface area contributed by atoms with Crippen LogP contribution in [0.4, 0.5) is 4.39 Å². The SMILES string of the molecule is N#CC(C(=O)c1ccco1)c1c(F)cccc1Cl. The van der Waals surface area contributed by atoms with E-state index in [1.165, 1.54) is 30.5 Å². The smallest absolute Gasteiger partial charge is 0.219 e. The van der Waals surface area contributed by atoms with Gasteiger partial charge in [0, 0.05) is 10.6 Å². The molecule has 0 amide bonds. The fourth-order valence-corrected chi connectivity index (χ4v) is 1.87. The van der Waals surface area contributed by atoms with Gasteiger partial charge in [-0.1, -0.05) is 17.7 Å². The Labute approximate surface area is 107 Å². The van der Waals surface area contributed by atoms with Crippen LogP contribution in [0.3, 0.4) is 0 Å². The van der Waals surface area contributed by atoms with E-state index in [1.54, 1.807) is 6.07 Å². The predicted molar refractivity (Wildman–Crippen MR) is 62.8 cm³/mol. The van der Waals surface area contributed by atoms with Crippen LogP contribution in [0, 0.1) is 17.1 Å². The molecule has 3 nitrogen and oxygen atoms in total. The van der Waals surface area contributed by atoms with Crippen molar-refractivity contribution >= 4 is 17.4 Å². The van der Waals surface area contributed by atoms with Gasteiger partial charge in [-0.2, -0.15) is 5.26 Å². The van der Waals surface area contributed by atoms with E-state index in [1.807, 2.05) is 0 Å². The summed E-state index contributed by atoms with van der Waals surface area (Å²) in [5, 5.41) is 9.10. The van der Waals surface area contributed by atoms with Crippen LogP contribution in [0.1, 0.15) is 22.0 Å². The quantitative estimate of drug-likeness (QED) is 0.796. The number of carbonyl (C=O) groups excluding carboxylic acids is 1. The molecule has 0 saturated heterocycles. The number of furan rings is 1. The lowest BCUT2D eigenvalue weighted by Crippen LogP contribution is -2.12. The van der Waals surface area contributed by atoms with Crippen molar-refractivity contribution in [1.29, 1.82) is 5.26 Å². The first-order chi connectivity index (χ1) is 8.65. The number of ketones is 1. The summed E-state index contributed by atoms with van der Waals surface area (Å²) in [6.45, 7) is 0. The summed E-state index contributed by atoms with van der Waals surface area (Å²) in [4.78, 5) is 12.0. The number of carbonyl (C=O) groups is 1. The molecule has 0 fully saturated rings. The molecule has 1 heterocycles. The molecule has 0 radical (unpaired) electrons. The molecule has 90 valence electrons. The largest absolute Gasteiger partial charge is 0.461 e. The van der Waals surface area contributed by atoms with E-state index < -0.39 is 17.5 Å². The molecule has 1 aromatic heterocycles. The monoisotopic (exact) mass is 263 g/mol. The third-order valence-electron chi connectivity index (χ3n) is 2.44. The number of nitrogens with zero attached hydrogens (tertiary/aromatic N) is 1. The van der Waals surface area contributed by atoms with E-state index in [4.69, 9.17) is 21.3 Å². The number of rotatable bonds is 3. The maximum atomic E-state index is 13.7. The second-order valence-electron chi connectivity index (χ2n) is 3.54. The maximum absolute atomic E-state index is 13.7. The van der Waals surface area contributed by atoms with Crippen LogP contribution in [-0.2, 0) is 0 Å². The highest BCUT2D eigenvalue weighted by molar-refractivity contribution is 6.31. The molecule has 1 aromatic carbocycles. The van der Waals surface area contributed by atoms with Crippen molar-refractivity contribution in [3.05, 3.63) is 58.8 Å². The highest BCUT2D eigenvalue weighted by Crippen LogP contribution is 2.29. The minimum absolute atomic E-state index is 0.000805. The van der Waals surface area contributed by atoms with Crippen LogP contribution >= 0.6 is 11.6 Å². The first-order valence-electron chi connectivity index (χ1n) is 5.06. The van der Waals surface area contributed by atoms with Crippen molar-refractivity contribution in [2.24, 2.45) is 0 Å². The van der Waals surface area contributed by atoms with Crippen LogP contribution in [-0.4, -0.2) is 5.78 Å². The lowest BCUT2D eigenvalue weighted by Gasteiger charge is -2.09. The van der Waals surface area contributed by atoms with Crippen LogP contribution in [0.2, 0.25) is 5.02 Å². The van der Waals surface area contributed by atoms with E-state index in [-0.39, 0.29) is 16.3 Å². The van der Waals surface area contributed by atoms with Crippen molar-refractivity contribution < 1.29 is 13.6 Å².